The van der Waals surface area contributed by atoms with Gasteiger partial charge in [-0.1, -0.05) is 73.7 Å². The Balaban J connectivity index is 1.08. The summed E-state index contributed by atoms with van der Waals surface area (Å²) in [5.41, 5.74) is 3.39. The number of carbonyl (C=O) groups is 1. The largest absolute Gasteiger partial charge is 0.490 e. The molecule has 2 fully saturated rings. The summed E-state index contributed by atoms with van der Waals surface area (Å²) in [5, 5.41) is 3.10. The first-order chi connectivity index (χ1) is 19.7. The fourth-order valence-corrected chi connectivity index (χ4v) is 5.90. The molecule has 3 aromatic carbocycles. The summed E-state index contributed by atoms with van der Waals surface area (Å²) in [5.74, 6) is 1.12. The summed E-state index contributed by atoms with van der Waals surface area (Å²) >= 11 is 0. The highest BCUT2D eigenvalue weighted by Crippen LogP contribution is 2.28. The maximum atomic E-state index is 12.8. The van der Waals surface area contributed by atoms with Gasteiger partial charge in [0, 0.05) is 70.4 Å². The maximum absolute atomic E-state index is 12.8. The normalized spacial score (nSPS) is 17.6. The average molecular weight is 541 g/mol. The highest BCUT2D eigenvalue weighted by atomic mass is 16.5. The number of hydrogen-bond donors (Lipinski definition) is 1. The highest BCUT2D eigenvalue weighted by molar-refractivity contribution is 5.94. The van der Waals surface area contributed by atoms with E-state index >= 15 is 0 Å². The van der Waals surface area contributed by atoms with E-state index in [1.165, 1.54) is 11.1 Å². The molecule has 0 aliphatic carbocycles. The third kappa shape index (κ3) is 7.94. The van der Waals surface area contributed by atoms with Crippen LogP contribution in [0, 0.1) is 0 Å². The Labute approximate surface area is 239 Å². The predicted octanol–water partition coefficient (Wildman–Crippen LogP) is 4.73. The van der Waals surface area contributed by atoms with Crippen LogP contribution in [0.4, 0.5) is 0 Å². The molecular weight excluding hydrogens is 496 g/mol. The van der Waals surface area contributed by atoms with Gasteiger partial charge in [-0.05, 0) is 48.7 Å². The first-order valence-electron chi connectivity index (χ1n) is 15.0. The van der Waals surface area contributed by atoms with Crippen LogP contribution in [0.1, 0.15) is 47.2 Å². The third-order valence-electron chi connectivity index (χ3n) is 8.40. The molecule has 0 aromatic heterocycles. The van der Waals surface area contributed by atoms with E-state index in [1.807, 2.05) is 24.3 Å². The molecule has 1 amide bonds. The van der Waals surface area contributed by atoms with E-state index in [0.717, 1.165) is 77.5 Å². The molecule has 2 aliphatic rings. The molecule has 0 saturated carbocycles. The summed E-state index contributed by atoms with van der Waals surface area (Å²) in [4.78, 5) is 20.3. The summed E-state index contributed by atoms with van der Waals surface area (Å²) in [6, 6.07) is 29.3. The molecule has 40 heavy (non-hydrogen) atoms. The maximum Gasteiger partial charge on any atom is 0.251 e. The molecule has 0 spiro atoms. The Morgan fingerprint density at radius 3 is 2.05 bits per heavy atom. The van der Waals surface area contributed by atoms with Gasteiger partial charge in [-0.3, -0.25) is 9.69 Å². The van der Waals surface area contributed by atoms with Crippen LogP contribution in [0.3, 0.4) is 0 Å². The van der Waals surface area contributed by atoms with Crippen LogP contribution in [-0.4, -0.2) is 92.2 Å². The second kappa shape index (κ2) is 14.4. The minimum atomic E-state index is -0.0275. The molecule has 2 saturated heterocycles. The van der Waals surface area contributed by atoms with Crippen molar-refractivity contribution >= 4 is 5.91 Å². The predicted molar refractivity (Wildman–Crippen MR) is 162 cm³/mol. The fourth-order valence-electron chi connectivity index (χ4n) is 5.90. The number of carbonyl (C=O) groups excluding carboxylic acids is 1. The van der Waals surface area contributed by atoms with Gasteiger partial charge >= 0.3 is 0 Å². The van der Waals surface area contributed by atoms with Gasteiger partial charge in [0.05, 0.1) is 0 Å². The Bertz CT molecular complexity index is 1130. The molecule has 6 nitrogen and oxygen atoms in total. The molecular formula is C34H44N4O2. The second-order valence-corrected chi connectivity index (χ2v) is 11.1. The van der Waals surface area contributed by atoms with Crippen LogP contribution in [0.25, 0.3) is 0 Å². The summed E-state index contributed by atoms with van der Waals surface area (Å²) in [7, 11) is 0. The number of nitrogens with zero attached hydrogens (tertiary/aromatic N) is 3. The zero-order valence-corrected chi connectivity index (χ0v) is 23.9. The van der Waals surface area contributed by atoms with Crippen molar-refractivity contribution in [3.05, 3.63) is 102 Å². The average Bonchev–Trinajstić information content (AvgIpc) is 3.02. The van der Waals surface area contributed by atoms with Crippen molar-refractivity contribution in [1.82, 2.24) is 20.0 Å². The molecule has 0 bridgehead atoms. The quantitative estimate of drug-likeness (QED) is 0.381. The van der Waals surface area contributed by atoms with Gasteiger partial charge in [-0.25, -0.2) is 0 Å². The number of hydrogen-bond acceptors (Lipinski definition) is 5. The minimum absolute atomic E-state index is 0.0275. The van der Waals surface area contributed by atoms with E-state index in [2.05, 4.69) is 87.6 Å². The van der Waals surface area contributed by atoms with Crippen molar-refractivity contribution in [1.29, 1.82) is 0 Å². The molecule has 0 radical (unpaired) electrons. The zero-order valence-electron chi connectivity index (χ0n) is 23.9. The van der Waals surface area contributed by atoms with Crippen LogP contribution in [0.5, 0.6) is 5.75 Å². The van der Waals surface area contributed by atoms with Gasteiger partial charge in [-0.2, -0.15) is 0 Å². The number of nitrogens with one attached hydrogen (secondary N) is 1. The molecule has 212 valence electrons. The molecule has 5 rings (SSSR count). The van der Waals surface area contributed by atoms with E-state index in [0.29, 0.717) is 18.0 Å². The van der Waals surface area contributed by atoms with Crippen molar-refractivity contribution in [2.45, 2.75) is 31.8 Å². The van der Waals surface area contributed by atoms with Crippen LogP contribution in [-0.2, 0) is 0 Å². The monoisotopic (exact) mass is 540 g/mol. The molecule has 1 N–H and O–H groups in total. The third-order valence-corrected chi connectivity index (χ3v) is 8.40. The molecule has 2 heterocycles. The molecule has 0 unspecified atom stereocenters. The number of likely N-dealkylation sites (tertiary alicyclic amines) is 1. The van der Waals surface area contributed by atoms with Gasteiger partial charge in [0.2, 0.25) is 0 Å². The lowest BCUT2D eigenvalue weighted by Gasteiger charge is -2.34. The number of rotatable bonds is 11. The van der Waals surface area contributed by atoms with Crippen molar-refractivity contribution in [3.8, 4) is 5.75 Å². The first-order valence-corrected chi connectivity index (χ1v) is 15.0. The zero-order chi connectivity index (χ0) is 27.6. The van der Waals surface area contributed by atoms with Crippen LogP contribution in [0.15, 0.2) is 84.9 Å². The van der Waals surface area contributed by atoms with Gasteiger partial charge in [0.1, 0.15) is 11.9 Å². The first kappa shape index (κ1) is 28.3. The summed E-state index contributed by atoms with van der Waals surface area (Å²) in [6.07, 6.45) is 2.14. The van der Waals surface area contributed by atoms with Gasteiger partial charge < -0.3 is 19.9 Å². The minimum Gasteiger partial charge on any atom is -0.490 e. The summed E-state index contributed by atoms with van der Waals surface area (Å²) < 4.78 is 6.37. The Morgan fingerprint density at radius 2 is 1.43 bits per heavy atom. The van der Waals surface area contributed by atoms with E-state index in [4.69, 9.17) is 4.74 Å². The highest BCUT2D eigenvalue weighted by Gasteiger charge is 2.24. The van der Waals surface area contributed by atoms with Crippen molar-refractivity contribution in [2.24, 2.45) is 0 Å². The van der Waals surface area contributed by atoms with E-state index in [-0.39, 0.29) is 12.0 Å². The van der Waals surface area contributed by atoms with Crippen molar-refractivity contribution in [3.63, 3.8) is 0 Å². The van der Waals surface area contributed by atoms with Crippen LogP contribution in [0.2, 0.25) is 0 Å². The van der Waals surface area contributed by atoms with Crippen LogP contribution < -0.4 is 10.1 Å². The Morgan fingerprint density at radius 1 is 0.800 bits per heavy atom. The number of likely N-dealkylation sites (N-methyl/N-ethyl adjacent to an activating group) is 1. The lowest BCUT2D eigenvalue weighted by Crippen LogP contribution is -2.48. The smallest absolute Gasteiger partial charge is 0.251 e. The van der Waals surface area contributed by atoms with E-state index < -0.39 is 0 Å². The SMILES string of the molecule is CCN1CCN(CCNC(=O)c2cccc(OC3CCN(CC(c4ccccc4)c4ccccc4)CC3)c2)CC1. The molecule has 2 aliphatic heterocycles. The number of amides is 1. The fraction of sp³-hybridized carbons (Fsp3) is 0.441. The number of benzene rings is 3. The van der Waals surface area contributed by atoms with Crippen molar-refractivity contribution in [2.75, 3.05) is 65.4 Å². The molecule has 3 aromatic rings. The van der Waals surface area contributed by atoms with Gasteiger partial charge in [0.25, 0.3) is 5.91 Å². The number of ether oxygens (including phenoxy) is 1. The molecule has 6 heteroatoms. The Hall–Kier alpha value is -3.19. The second-order valence-electron chi connectivity index (χ2n) is 11.1. The number of piperazine rings is 1. The Kier molecular flexibility index (Phi) is 10.2. The van der Waals surface area contributed by atoms with Crippen molar-refractivity contribution < 1.29 is 9.53 Å². The molecule has 0 atom stereocenters. The van der Waals surface area contributed by atoms with Gasteiger partial charge in [-0.15, -0.1) is 0 Å². The lowest BCUT2D eigenvalue weighted by molar-refractivity contribution is 0.0928. The van der Waals surface area contributed by atoms with Crippen LogP contribution >= 0.6 is 0 Å². The van der Waals surface area contributed by atoms with E-state index in [9.17, 15) is 4.79 Å². The summed E-state index contributed by atoms with van der Waals surface area (Å²) in [6.45, 7) is 12.3. The number of piperidine rings is 1. The van der Waals surface area contributed by atoms with Gasteiger partial charge in [0.15, 0.2) is 0 Å². The lowest BCUT2D eigenvalue weighted by atomic mass is 9.90. The topological polar surface area (TPSA) is 48.1 Å². The standard InChI is InChI=1S/C34H44N4O2/c1-2-36-22-24-37(25-23-36)21-18-35-34(39)30-14-9-15-32(26-30)40-31-16-19-38(20-17-31)27-33(28-10-5-3-6-11-28)29-12-7-4-8-13-29/h3-15,26,31,33H,2,16-25,27H2,1H3,(H,35,39). The van der Waals surface area contributed by atoms with E-state index in [1.54, 1.807) is 0 Å².